The minimum atomic E-state index is 0.827. The first-order valence-electron chi connectivity index (χ1n) is 12.1. The van der Waals surface area contributed by atoms with Crippen molar-refractivity contribution in [3.8, 4) is 11.4 Å². The van der Waals surface area contributed by atoms with Crippen molar-refractivity contribution in [3.63, 3.8) is 0 Å². The zero-order chi connectivity index (χ0) is 23.5. The van der Waals surface area contributed by atoms with Gasteiger partial charge in [0.2, 0.25) is 0 Å². The minimum Gasteiger partial charge on any atom is -0.225 e. The lowest BCUT2D eigenvalue weighted by molar-refractivity contribution is -0.633. The Bertz CT molecular complexity index is 1890. The molecule has 0 saturated heterocycles. The minimum absolute atomic E-state index is 0.827. The maximum Gasteiger partial charge on any atom is 0.290 e. The number of fused-ring (bicyclic) bond motifs is 6. The number of aryl methyl sites for hydroxylation is 2. The summed E-state index contributed by atoms with van der Waals surface area (Å²) in [5.41, 5.74) is 6.45. The van der Waals surface area contributed by atoms with Gasteiger partial charge in [-0.3, -0.25) is 0 Å². The Kier molecular flexibility index (Phi) is 4.55. The van der Waals surface area contributed by atoms with Gasteiger partial charge in [-0.05, 0) is 59.8 Å². The van der Waals surface area contributed by atoms with E-state index in [4.69, 9.17) is 0 Å². The summed E-state index contributed by atoms with van der Waals surface area (Å²) in [5, 5.41) is 5.25. The van der Waals surface area contributed by atoms with E-state index in [2.05, 4.69) is 126 Å². The van der Waals surface area contributed by atoms with Gasteiger partial charge in [0.1, 0.15) is 6.54 Å². The third-order valence-corrected chi connectivity index (χ3v) is 8.36. The van der Waals surface area contributed by atoms with Crippen LogP contribution in [0.3, 0.4) is 0 Å². The van der Waals surface area contributed by atoms with Gasteiger partial charge in [0.15, 0.2) is 11.0 Å². The fourth-order valence-electron chi connectivity index (χ4n) is 5.58. The van der Waals surface area contributed by atoms with Crippen LogP contribution in [0.25, 0.3) is 53.4 Å². The van der Waals surface area contributed by atoms with Crippen LogP contribution in [0.5, 0.6) is 0 Å². The smallest absolute Gasteiger partial charge is 0.225 e. The molecule has 2 nitrogen and oxygen atoms in total. The molecule has 0 aliphatic carbocycles. The van der Waals surface area contributed by atoms with Crippen LogP contribution in [0.4, 0.5) is 0 Å². The van der Waals surface area contributed by atoms with Crippen molar-refractivity contribution >= 4 is 53.3 Å². The van der Waals surface area contributed by atoms with Crippen LogP contribution >= 0.6 is 11.3 Å². The van der Waals surface area contributed by atoms with Crippen molar-refractivity contribution in [2.75, 3.05) is 0 Å². The molecule has 7 aromatic rings. The van der Waals surface area contributed by atoms with E-state index in [9.17, 15) is 0 Å². The largest absolute Gasteiger partial charge is 0.290 e. The highest BCUT2D eigenvalue weighted by Crippen LogP contribution is 2.38. The molecule has 0 saturated carbocycles. The average molecular weight is 470 g/mol. The van der Waals surface area contributed by atoms with Gasteiger partial charge in [-0.15, -0.1) is 11.3 Å². The van der Waals surface area contributed by atoms with Crippen LogP contribution in [0.1, 0.15) is 11.1 Å². The standard InChI is InChI=1S/C32H25N2S/c1-21-18-30-27(25-14-8-9-15-29(25)35-30)19-26(21)32-33(2)31-24-13-7-6-12-23(24)16-17-28(31)34(32)20-22-10-4-3-5-11-22/h3-19H,20H2,1-2H3/q+1. The van der Waals surface area contributed by atoms with Crippen LogP contribution < -0.4 is 4.57 Å². The maximum absolute atomic E-state index is 2.50. The van der Waals surface area contributed by atoms with Crippen molar-refractivity contribution < 1.29 is 4.57 Å². The molecular weight excluding hydrogens is 444 g/mol. The Hall–Kier alpha value is -3.95. The number of benzene rings is 5. The van der Waals surface area contributed by atoms with Gasteiger partial charge in [0.05, 0.1) is 12.6 Å². The quantitative estimate of drug-likeness (QED) is 0.232. The Morgan fingerprint density at radius 1 is 0.714 bits per heavy atom. The molecule has 5 aromatic carbocycles. The molecule has 0 unspecified atom stereocenters. The van der Waals surface area contributed by atoms with Gasteiger partial charge < -0.3 is 0 Å². The number of imidazole rings is 1. The lowest BCUT2D eigenvalue weighted by Crippen LogP contribution is -2.30. The third kappa shape index (κ3) is 3.12. The first-order chi connectivity index (χ1) is 17.2. The number of thiophene rings is 1. The molecule has 7 rings (SSSR count). The summed E-state index contributed by atoms with van der Waals surface area (Å²) < 4.78 is 7.61. The van der Waals surface area contributed by atoms with Gasteiger partial charge in [0.25, 0.3) is 5.82 Å². The summed E-state index contributed by atoms with van der Waals surface area (Å²) in [7, 11) is 2.22. The zero-order valence-electron chi connectivity index (χ0n) is 19.8. The van der Waals surface area contributed by atoms with E-state index < -0.39 is 0 Å². The van der Waals surface area contributed by atoms with Crippen molar-refractivity contribution in [2.45, 2.75) is 13.5 Å². The maximum atomic E-state index is 2.50. The molecule has 0 spiro atoms. The summed E-state index contributed by atoms with van der Waals surface area (Å²) in [5.74, 6) is 1.25. The van der Waals surface area contributed by atoms with E-state index in [1.807, 2.05) is 11.3 Å². The van der Waals surface area contributed by atoms with E-state index in [0.717, 1.165) is 6.54 Å². The molecule has 2 heterocycles. The number of nitrogens with zero attached hydrogens (tertiary/aromatic N) is 2. The van der Waals surface area contributed by atoms with Gasteiger partial charge in [-0.25, -0.2) is 9.13 Å². The fourth-order valence-corrected chi connectivity index (χ4v) is 6.77. The van der Waals surface area contributed by atoms with E-state index >= 15 is 0 Å². The number of hydrogen-bond donors (Lipinski definition) is 0. The van der Waals surface area contributed by atoms with Crippen molar-refractivity contribution in [2.24, 2.45) is 7.05 Å². The van der Waals surface area contributed by atoms with Crippen LogP contribution in [0, 0.1) is 6.92 Å². The van der Waals surface area contributed by atoms with E-state index in [0.29, 0.717) is 0 Å². The van der Waals surface area contributed by atoms with Gasteiger partial charge in [-0.2, -0.15) is 0 Å². The van der Waals surface area contributed by atoms with Crippen molar-refractivity contribution in [1.29, 1.82) is 0 Å². The molecule has 0 radical (unpaired) electrons. The molecule has 3 heteroatoms. The van der Waals surface area contributed by atoms with Crippen LogP contribution in [-0.4, -0.2) is 4.57 Å². The molecule has 35 heavy (non-hydrogen) atoms. The Morgan fingerprint density at radius 2 is 1.46 bits per heavy atom. The first kappa shape index (κ1) is 20.4. The summed E-state index contributed by atoms with van der Waals surface area (Å²) in [6.07, 6.45) is 0. The predicted molar refractivity (Wildman–Crippen MR) is 149 cm³/mol. The molecular formula is C32H25N2S+. The monoisotopic (exact) mass is 469 g/mol. The molecule has 0 N–H and O–H groups in total. The molecule has 168 valence electrons. The van der Waals surface area contributed by atoms with Crippen LogP contribution in [0.15, 0.2) is 103 Å². The van der Waals surface area contributed by atoms with E-state index in [1.54, 1.807) is 0 Å². The first-order valence-corrected chi connectivity index (χ1v) is 12.9. The second-order valence-electron chi connectivity index (χ2n) is 9.37. The number of aromatic nitrogens is 2. The second-order valence-corrected chi connectivity index (χ2v) is 10.5. The molecule has 0 aliphatic rings. The highest BCUT2D eigenvalue weighted by Gasteiger charge is 2.28. The molecule has 2 aromatic heterocycles. The molecule has 0 amide bonds. The summed E-state index contributed by atoms with van der Waals surface area (Å²) in [6, 6.07) is 37.6. The SMILES string of the molecule is Cc1cc2sc3ccccc3c2cc1-c1n(Cc2ccccc2)c2ccc3ccccc3c2[n+]1C. The fraction of sp³-hybridized carbons (Fsp3) is 0.0938. The highest BCUT2D eigenvalue weighted by atomic mass is 32.1. The lowest BCUT2D eigenvalue weighted by atomic mass is 10.0. The summed E-state index contributed by atoms with van der Waals surface area (Å²) >= 11 is 1.88. The molecule has 0 atom stereocenters. The van der Waals surface area contributed by atoms with Gasteiger partial charge in [0, 0.05) is 25.6 Å². The highest BCUT2D eigenvalue weighted by molar-refractivity contribution is 7.25. The number of rotatable bonds is 3. The van der Waals surface area contributed by atoms with Crippen LogP contribution in [-0.2, 0) is 13.6 Å². The third-order valence-electron chi connectivity index (χ3n) is 7.23. The Labute approximate surface area is 208 Å². The topological polar surface area (TPSA) is 8.81 Å². The van der Waals surface area contributed by atoms with Gasteiger partial charge in [-0.1, -0.05) is 66.7 Å². The Morgan fingerprint density at radius 3 is 2.31 bits per heavy atom. The van der Waals surface area contributed by atoms with Crippen molar-refractivity contribution in [1.82, 2.24) is 4.57 Å². The van der Waals surface area contributed by atoms with Gasteiger partial charge >= 0.3 is 0 Å². The van der Waals surface area contributed by atoms with Crippen LogP contribution in [0.2, 0.25) is 0 Å². The number of hydrogen-bond acceptors (Lipinski definition) is 1. The second kappa shape index (κ2) is 7.79. The van der Waals surface area contributed by atoms with Crippen molar-refractivity contribution in [3.05, 3.63) is 114 Å². The normalized spacial score (nSPS) is 11.8. The summed E-state index contributed by atoms with van der Waals surface area (Å²) in [4.78, 5) is 0. The zero-order valence-corrected chi connectivity index (χ0v) is 20.6. The van der Waals surface area contributed by atoms with E-state index in [-0.39, 0.29) is 0 Å². The predicted octanol–water partition coefficient (Wildman–Crippen LogP) is 8.01. The average Bonchev–Trinajstić information content (AvgIpc) is 3.38. The lowest BCUT2D eigenvalue weighted by Gasteiger charge is -2.08. The molecule has 0 bridgehead atoms. The molecule has 0 aliphatic heterocycles. The van der Waals surface area contributed by atoms with E-state index in [1.165, 1.54) is 64.5 Å². The Balaban J connectivity index is 1.59. The summed E-state index contributed by atoms with van der Waals surface area (Å²) in [6.45, 7) is 3.08. The molecule has 0 fully saturated rings.